The lowest BCUT2D eigenvalue weighted by molar-refractivity contribution is -0.117. The van der Waals surface area contributed by atoms with Gasteiger partial charge in [-0.25, -0.2) is 9.59 Å². The quantitative estimate of drug-likeness (QED) is 0.718. The van der Waals surface area contributed by atoms with E-state index in [2.05, 4.69) is 0 Å². The highest BCUT2D eigenvalue weighted by atomic mass is 16.4. The van der Waals surface area contributed by atoms with Crippen LogP contribution in [-0.2, 0) is 4.79 Å². The molecule has 0 aliphatic rings. The molecule has 6 nitrogen and oxygen atoms in total. The first-order valence-electron chi connectivity index (χ1n) is 4.97. The van der Waals surface area contributed by atoms with Crippen molar-refractivity contribution >= 4 is 23.9 Å². The predicted molar refractivity (Wildman–Crippen MR) is 63.2 cm³/mol. The van der Waals surface area contributed by atoms with Crippen molar-refractivity contribution in [2.75, 3.05) is 0 Å². The number of carboxylic acid groups (broad SMARTS) is 2. The number of carboxylic acids is 2. The van der Waals surface area contributed by atoms with Gasteiger partial charge in [-0.1, -0.05) is 12.2 Å². The van der Waals surface area contributed by atoms with Crippen LogP contribution < -0.4 is 5.73 Å². The van der Waals surface area contributed by atoms with Crippen molar-refractivity contribution in [2.24, 2.45) is 5.73 Å². The van der Waals surface area contributed by atoms with E-state index < -0.39 is 17.8 Å². The summed E-state index contributed by atoms with van der Waals surface area (Å²) in [6.45, 7) is 0. The number of primary amides is 1. The van der Waals surface area contributed by atoms with Gasteiger partial charge in [0.2, 0.25) is 5.91 Å². The topological polar surface area (TPSA) is 118 Å². The van der Waals surface area contributed by atoms with Gasteiger partial charge in [-0.3, -0.25) is 4.79 Å². The van der Waals surface area contributed by atoms with Gasteiger partial charge in [0.25, 0.3) is 0 Å². The molecule has 0 unspecified atom stereocenters. The van der Waals surface area contributed by atoms with Gasteiger partial charge in [0.05, 0.1) is 11.1 Å². The molecule has 0 bridgehead atoms. The molecule has 0 fully saturated rings. The molecule has 0 spiro atoms. The Labute approximate surface area is 102 Å². The van der Waals surface area contributed by atoms with Gasteiger partial charge in [-0.05, 0) is 23.8 Å². The molecule has 0 heterocycles. The summed E-state index contributed by atoms with van der Waals surface area (Å²) in [4.78, 5) is 32.2. The highest BCUT2D eigenvalue weighted by Crippen LogP contribution is 2.14. The number of rotatable bonds is 5. The highest BCUT2D eigenvalue weighted by Gasteiger charge is 2.11. The standard InChI is InChI=1S/C12H11NO5/c13-10(14)3-1-2-7-6-8(11(15)16)4-5-9(7)12(17)18/h1-2,4-6H,3H2,(H2,13,14)(H,15,16)(H,17,18). The fraction of sp³-hybridized carbons (Fsp3) is 0.0833. The molecular formula is C12H11NO5. The molecule has 94 valence electrons. The highest BCUT2D eigenvalue weighted by molar-refractivity contribution is 5.95. The van der Waals surface area contributed by atoms with Crippen LogP contribution in [0.4, 0.5) is 0 Å². The average molecular weight is 249 g/mol. The molecule has 1 aromatic rings. The average Bonchev–Trinajstić information content (AvgIpc) is 2.27. The lowest BCUT2D eigenvalue weighted by Gasteiger charge is -2.02. The van der Waals surface area contributed by atoms with Crippen LogP contribution in [0.2, 0.25) is 0 Å². The van der Waals surface area contributed by atoms with Crippen molar-refractivity contribution in [3.05, 3.63) is 41.0 Å². The summed E-state index contributed by atoms with van der Waals surface area (Å²) >= 11 is 0. The Morgan fingerprint density at radius 2 is 1.83 bits per heavy atom. The van der Waals surface area contributed by atoms with Crippen molar-refractivity contribution in [2.45, 2.75) is 6.42 Å². The zero-order chi connectivity index (χ0) is 13.7. The van der Waals surface area contributed by atoms with E-state index in [1.807, 2.05) is 0 Å². The van der Waals surface area contributed by atoms with E-state index in [0.717, 1.165) is 0 Å². The lowest BCUT2D eigenvalue weighted by atomic mass is 10.0. The summed E-state index contributed by atoms with van der Waals surface area (Å²) in [5, 5.41) is 17.7. The maximum Gasteiger partial charge on any atom is 0.336 e. The molecule has 0 aromatic heterocycles. The summed E-state index contributed by atoms with van der Waals surface area (Å²) in [7, 11) is 0. The number of hydrogen-bond acceptors (Lipinski definition) is 3. The summed E-state index contributed by atoms with van der Waals surface area (Å²) in [6.07, 6.45) is 2.70. The van der Waals surface area contributed by atoms with Crippen molar-refractivity contribution < 1.29 is 24.6 Å². The molecule has 6 heteroatoms. The number of benzene rings is 1. The number of carbonyl (C=O) groups is 3. The third-order valence-electron chi connectivity index (χ3n) is 2.15. The first kappa shape index (κ1) is 13.4. The number of hydrogen-bond donors (Lipinski definition) is 3. The van der Waals surface area contributed by atoms with Crippen LogP contribution >= 0.6 is 0 Å². The third kappa shape index (κ3) is 3.44. The van der Waals surface area contributed by atoms with Gasteiger partial charge in [-0.15, -0.1) is 0 Å². The van der Waals surface area contributed by atoms with Crippen LogP contribution in [-0.4, -0.2) is 28.1 Å². The fourth-order valence-corrected chi connectivity index (χ4v) is 1.33. The second-order valence-corrected chi connectivity index (χ2v) is 3.49. The second-order valence-electron chi connectivity index (χ2n) is 3.49. The first-order valence-corrected chi connectivity index (χ1v) is 4.97. The number of carbonyl (C=O) groups excluding carboxylic acids is 1. The maximum absolute atomic E-state index is 10.9. The van der Waals surface area contributed by atoms with Crippen LogP contribution in [0.5, 0.6) is 0 Å². The molecule has 0 aliphatic heterocycles. The maximum atomic E-state index is 10.9. The van der Waals surface area contributed by atoms with Crippen molar-refractivity contribution in [1.29, 1.82) is 0 Å². The molecule has 0 saturated heterocycles. The van der Waals surface area contributed by atoms with E-state index in [0.29, 0.717) is 0 Å². The van der Waals surface area contributed by atoms with Gasteiger partial charge in [0, 0.05) is 6.42 Å². The molecular weight excluding hydrogens is 238 g/mol. The van der Waals surface area contributed by atoms with E-state index in [9.17, 15) is 14.4 Å². The molecule has 0 atom stereocenters. The minimum atomic E-state index is -1.18. The van der Waals surface area contributed by atoms with E-state index in [1.54, 1.807) is 0 Å². The smallest absolute Gasteiger partial charge is 0.336 e. The Morgan fingerprint density at radius 3 is 2.33 bits per heavy atom. The third-order valence-corrected chi connectivity index (χ3v) is 2.15. The van der Waals surface area contributed by atoms with Crippen LogP contribution in [0.15, 0.2) is 24.3 Å². The van der Waals surface area contributed by atoms with E-state index in [4.69, 9.17) is 15.9 Å². The minimum Gasteiger partial charge on any atom is -0.478 e. The SMILES string of the molecule is NC(=O)CC=Cc1cc(C(=O)O)ccc1C(=O)O. The van der Waals surface area contributed by atoms with E-state index in [1.165, 1.54) is 30.4 Å². The summed E-state index contributed by atoms with van der Waals surface area (Å²) in [6, 6.07) is 3.64. The van der Waals surface area contributed by atoms with Gasteiger partial charge in [0.15, 0.2) is 0 Å². The van der Waals surface area contributed by atoms with Crippen LogP contribution in [0.1, 0.15) is 32.7 Å². The molecule has 0 aliphatic carbocycles. The molecule has 1 amide bonds. The van der Waals surface area contributed by atoms with E-state index >= 15 is 0 Å². The normalized spacial score (nSPS) is 10.4. The predicted octanol–water partition coefficient (Wildman–Crippen LogP) is 0.972. The molecule has 0 saturated carbocycles. The van der Waals surface area contributed by atoms with Crippen LogP contribution in [0.25, 0.3) is 6.08 Å². The van der Waals surface area contributed by atoms with Crippen molar-refractivity contribution in [1.82, 2.24) is 0 Å². The molecule has 4 N–H and O–H groups in total. The largest absolute Gasteiger partial charge is 0.478 e. The molecule has 1 aromatic carbocycles. The summed E-state index contributed by atoms with van der Waals surface area (Å²) in [5.41, 5.74) is 5.07. The van der Waals surface area contributed by atoms with Crippen molar-refractivity contribution in [3.8, 4) is 0 Å². The van der Waals surface area contributed by atoms with Crippen LogP contribution in [0.3, 0.4) is 0 Å². The Bertz CT molecular complexity index is 533. The summed E-state index contributed by atoms with van der Waals surface area (Å²) in [5.74, 6) is -2.89. The Balaban J connectivity index is 3.15. The minimum absolute atomic E-state index is 0.0290. The number of nitrogens with two attached hydrogens (primary N) is 1. The van der Waals surface area contributed by atoms with Crippen molar-refractivity contribution in [3.63, 3.8) is 0 Å². The molecule has 0 radical (unpaired) electrons. The van der Waals surface area contributed by atoms with Gasteiger partial charge < -0.3 is 15.9 Å². The Morgan fingerprint density at radius 1 is 1.17 bits per heavy atom. The Hall–Kier alpha value is -2.63. The number of aromatic carboxylic acids is 2. The van der Waals surface area contributed by atoms with E-state index in [-0.39, 0.29) is 23.1 Å². The van der Waals surface area contributed by atoms with Gasteiger partial charge in [0.1, 0.15) is 0 Å². The number of amides is 1. The van der Waals surface area contributed by atoms with Crippen LogP contribution in [0, 0.1) is 0 Å². The molecule has 1 rings (SSSR count). The Kier molecular flexibility index (Phi) is 4.20. The van der Waals surface area contributed by atoms with Gasteiger partial charge >= 0.3 is 11.9 Å². The first-order chi connectivity index (χ1) is 8.41. The second kappa shape index (κ2) is 5.62. The zero-order valence-electron chi connectivity index (χ0n) is 9.29. The summed E-state index contributed by atoms with van der Waals surface area (Å²) < 4.78 is 0. The lowest BCUT2D eigenvalue weighted by Crippen LogP contribution is -2.08. The molecule has 18 heavy (non-hydrogen) atoms. The van der Waals surface area contributed by atoms with Gasteiger partial charge in [-0.2, -0.15) is 0 Å². The monoisotopic (exact) mass is 249 g/mol. The zero-order valence-corrected chi connectivity index (χ0v) is 9.29. The fourth-order valence-electron chi connectivity index (χ4n) is 1.33.